The fourth-order valence-corrected chi connectivity index (χ4v) is 3.21. The number of benzene rings is 1. The van der Waals surface area contributed by atoms with Crippen LogP contribution in [0.4, 0.5) is 11.4 Å². The smallest absolute Gasteiger partial charge is 0.312 e. The van der Waals surface area contributed by atoms with Crippen LogP contribution in [0.2, 0.25) is 0 Å². The minimum Gasteiger partial charge on any atom is -0.455 e. The third kappa shape index (κ3) is 5.42. The molecule has 0 atom stereocenters. The maximum absolute atomic E-state index is 12.0. The summed E-state index contributed by atoms with van der Waals surface area (Å²) in [7, 11) is 0. The summed E-state index contributed by atoms with van der Waals surface area (Å²) >= 11 is 1.38. The lowest BCUT2D eigenvalue weighted by molar-refractivity contribution is -0.384. The van der Waals surface area contributed by atoms with E-state index in [0.717, 1.165) is 10.6 Å². The highest BCUT2D eigenvalue weighted by Gasteiger charge is 2.14. The monoisotopic (exact) mass is 412 g/mol. The van der Waals surface area contributed by atoms with Crippen LogP contribution in [0, 0.1) is 17.0 Å². The van der Waals surface area contributed by atoms with E-state index in [0.29, 0.717) is 16.9 Å². The number of anilines is 1. The Kier molecular flexibility index (Phi) is 6.25. The molecule has 1 N–H and O–H groups in total. The number of nitro benzene ring substituents is 1. The zero-order chi connectivity index (χ0) is 20.8. The first-order valence-electron chi connectivity index (χ1n) is 8.47. The number of nitrogens with one attached hydrogen (secondary N) is 1. The van der Waals surface area contributed by atoms with Crippen LogP contribution in [0.25, 0.3) is 10.6 Å². The number of ether oxygens (including phenoxy) is 1. The number of amides is 1. The molecule has 0 saturated carbocycles. The third-order valence-electron chi connectivity index (χ3n) is 3.86. The molecule has 0 unspecified atom stereocenters. The van der Waals surface area contributed by atoms with Crippen molar-refractivity contribution in [3.63, 3.8) is 0 Å². The number of rotatable bonds is 7. The van der Waals surface area contributed by atoms with E-state index in [1.165, 1.54) is 29.5 Å². The van der Waals surface area contributed by atoms with Crippen LogP contribution in [0.5, 0.6) is 0 Å². The van der Waals surface area contributed by atoms with E-state index in [4.69, 9.17) is 4.74 Å². The molecular weight excluding hydrogens is 396 g/mol. The van der Waals surface area contributed by atoms with Crippen LogP contribution in [-0.4, -0.2) is 33.4 Å². The molecule has 0 aliphatic rings. The zero-order valence-corrected chi connectivity index (χ0v) is 16.1. The number of thiazole rings is 1. The summed E-state index contributed by atoms with van der Waals surface area (Å²) in [5.41, 5.74) is 2.19. The van der Waals surface area contributed by atoms with E-state index >= 15 is 0 Å². The number of hydrogen-bond donors (Lipinski definition) is 1. The molecule has 1 amide bonds. The Bertz CT molecular complexity index is 1050. The van der Waals surface area contributed by atoms with Gasteiger partial charge < -0.3 is 10.1 Å². The van der Waals surface area contributed by atoms with E-state index in [1.54, 1.807) is 30.8 Å². The Morgan fingerprint density at radius 2 is 2.14 bits per heavy atom. The SMILES string of the molecule is Cc1ccc([N+](=O)[O-])cc1NC(=O)COC(=O)Cc1csc(-c2cccnc2)n1. The predicted molar refractivity (Wildman–Crippen MR) is 106 cm³/mol. The maximum Gasteiger partial charge on any atom is 0.312 e. The molecule has 3 aromatic rings. The molecule has 148 valence electrons. The molecule has 0 spiro atoms. The Hall–Kier alpha value is -3.66. The minimum absolute atomic E-state index is 0.0696. The van der Waals surface area contributed by atoms with E-state index < -0.39 is 23.4 Å². The maximum atomic E-state index is 12.0. The normalized spacial score (nSPS) is 10.4. The van der Waals surface area contributed by atoms with Crippen LogP contribution in [0.1, 0.15) is 11.3 Å². The largest absolute Gasteiger partial charge is 0.455 e. The number of aromatic nitrogens is 2. The second kappa shape index (κ2) is 9.02. The van der Waals surface area contributed by atoms with Crippen molar-refractivity contribution in [3.05, 3.63) is 69.5 Å². The van der Waals surface area contributed by atoms with E-state index in [2.05, 4.69) is 15.3 Å². The van der Waals surface area contributed by atoms with Gasteiger partial charge in [0.1, 0.15) is 5.01 Å². The highest BCUT2D eigenvalue weighted by molar-refractivity contribution is 7.13. The molecule has 0 radical (unpaired) electrons. The summed E-state index contributed by atoms with van der Waals surface area (Å²) in [6.45, 7) is 1.20. The van der Waals surface area contributed by atoms with Gasteiger partial charge in [-0.1, -0.05) is 6.07 Å². The minimum atomic E-state index is -0.598. The number of aryl methyl sites for hydroxylation is 1. The summed E-state index contributed by atoms with van der Waals surface area (Å²) in [4.78, 5) is 42.7. The Morgan fingerprint density at radius 1 is 1.31 bits per heavy atom. The number of nitro groups is 1. The first kappa shape index (κ1) is 20.1. The van der Waals surface area contributed by atoms with Gasteiger partial charge in [0, 0.05) is 35.5 Å². The van der Waals surface area contributed by atoms with Crippen molar-refractivity contribution >= 4 is 34.6 Å². The van der Waals surface area contributed by atoms with Gasteiger partial charge in [0.2, 0.25) is 0 Å². The Labute approximate surface area is 169 Å². The molecule has 0 aliphatic carbocycles. The van der Waals surface area contributed by atoms with Crippen molar-refractivity contribution in [2.45, 2.75) is 13.3 Å². The first-order chi connectivity index (χ1) is 13.9. The lowest BCUT2D eigenvalue weighted by Crippen LogP contribution is -2.22. The molecule has 9 nitrogen and oxygen atoms in total. The molecule has 3 rings (SSSR count). The summed E-state index contributed by atoms with van der Waals surface area (Å²) in [6.07, 6.45) is 3.27. The van der Waals surface area contributed by atoms with Gasteiger partial charge in [0.15, 0.2) is 6.61 Å². The van der Waals surface area contributed by atoms with E-state index in [-0.39, 0.29) is 12.1 Å². The Balaban J connectivity index is 1.52. The molecule has 0 aliphatic heterocycles. The van der Waals surface area contributed by atoms with Gasteiger partial charge in [-0.2, -0.15) is 0 Å². The van der Waals surface area contributed by atoms with Gasteiger partial charge in [-0.3, -0.25) is 24.7 Å². The highest BCUT2D eigenvalue weighted by atomic mass is 32.1. The van der Waals surface area contributed by atoms with Crippen LogP contribution >= 0.6 is 11.3 Å². The number of nitrogens with zero attached hydrogens (tertiary/aromatic N) is 3. The molecule has 29 heavy (non-hydrogen) atoms. The molecule has 1 aromatic carbocycles. The molecule has 10 heteroatoms. The standard InChI is InChI=1S/C19H16N4O5S/c1-12-4-5-15(23(26)27)8-16(12)22-17(24)10-28-18(25)7-14-11-29-19(21-14)13-3-2-6-20-9-13/h2-6,8-9,11H,7,10H2,1H3,(H,22,24). The topological polar surface area (TPSA) is 124 Å². The zero-order valence-electron chi connectivity index (χ0n) is 15.3. The quantitative estimate of drug-likeness (QED) is 0.359. The van der Waals surface area contributed by atoms with Gasteiger partial charge in [0.05, 0.1) is 22.7 Å². The lowest BCUT2D eigenvalue weighted by Gasteiger charge is -2.08. The van der Waals surface area contributed by atoms with Crippen molar-refractivity contribution in [2.75, 3.05) is 11.9 Å². The second-order valence-electron chi connectivity index (χ2n) is 6.03. The van der Waals surface area contributed by atoms with Gasteiger partial charge >= 0.3 is 5.97 Å². The number of hydrogen-bond acceptors (Lipinski definition) is 8. The predicted octanol–water partition coefficient (Wildman–Crippen LogP) is 3.15. The fourth-order valence-electron chi connectivity index (χ4n) is 2.40. The van der Waals surface area contributed by atoms with Crippen molar-refractivity contribution in [1.29, 1.82) is 0 Å². The van der Waals surface area contributed by atoms with Crippen molar-refractivity contribution in [3.8, 4) is 10.6 Å². The summed E-state index contributed by atoms with van der Waals surface area (Å²) in [5, 5.41) is 15.8. The molecule has 2 heterocycles. The Morgan fingerprint density at radius 3 is 2.86 bits per heavy atom. The van der Waals surface area contributed by atoms with Crippen LogP contribution in [0.3, 0.4) is 0 Å². The average Bonchev–Trinajstić information content (AvgIpc) is 3.17. The van der Waals surface area contributed by atoms with Gasteiger partial charge in [-0.05, 0) is 24.6 Å². The molecule has 0 fully saturated rings. The first-order valence-corrected chi connectivity index (χ1v) is 9.35. The average molecular weight is 412 g/mol. The van der Waals surface area contributed by atoms with Crippen molar-refractivity contribution in [2.24, 2.45) is 0 Å². The second-order valence-corrected chi connectivity index (χ2v) is 6.89. The van der Waals surface area contributed by atoms with E-state index in [1.807, 2.05) is 6.07 Å². The van der Waals surface area contributed by atoms with Gasteiger partial charge in [-0.15, -0.1) is 11.3 Å². The van der Waals surface area contributed by atoms with Crippen molar-refractivity contribution in [1.82, 2.24) is 9.97 Å². The molecule has 2 aromatic heterocycles. The third-order valence-corrected chi connectivity index (χ3v) is 4.80. The molecular formula is C19H16N4O5S. The van der Waals surface area contributed by atoms with Crippen molar-refractivity contribution < 1.29 is 19.2 Å². The highest BCUT2D eigenvalue weighted by Crippen LogP contribution is 2.23. The lowest BCUT2D eigenvalue weighted by atomic mass is 10.2. The van der Waals surface area contributed by atoms with E-state index in [9.17, 15) is 19.7 Å². The van der Waals surface area contributed by atoms with Crippen LogP contribution < -0.4 is 5.32 Å². The summed E-state index contributed by atoms with van der Waals surface area (Å²) < 4.78 is 4.98. The summed E-state index contributed by atoms with van der Waals surface area (Å²) in [6, 6.07) is 7.80. The number of carbonyl (C=O) groups excluding carboxylic acids is 2. The summed E-state index contributed by atoms with van der Waals surface area (Å²) in [5.74, 6) is -1.18. The number of esters is 1. The molecule has 0 saturated heterocycles. The fraction of sp³-hybridized carbons (Fsp3) is 0.158. The molecule has 0 bridgehead atoms. The van der Waals surface area contributed by atoms with Crippen LogP contribution in [0.15, 0.2) is 48.1 Å². The van der Waals surface area contributed by atoms with Gasteiger partial charge in [-0.25, -0.2) is 4.98 Å². The number of non-ortho nitro benzene ring substituents is 1. The number of pyridine rings is 1. The van der Waals surface area contributed by atoms with Crippen LogP contribution in [-0.2, 0) is 20.7 Å². The van der Waals surface area contributed by atoms with Gasteiger partial charge in [0.25, 0.3) is 11.6 Å². The number of carbonyl (C=O) groups is 2.